The molecule has 154 valence electrons. The van der Waals surface area contributed by atoms with Crippen LogP contribution >= 0.6 is 15.9 Å². The van der Waals surface area contributed by atoms with E-state index < -0.39 is 22.7 Å². The van der Waals surface area contributed by atoms with Gasteiger partial charge < -0.3 is 14.4 Å². The van der Waals surface area contributed by atoms with Crippen molar-refractivity contribution in [2.75, 3.05) is 26.3 Å². The Kier molecular flexibility index (Phi) is 4.38. The topological polar surface area (TPSA) is 72.9 Å². The Hall–Kier alpha value is -2.51. The molecule has 3 aliphatic rings. The molecule has 30 heavy (non-hydrogen) atoms. The number of hydrogen-bond acceptors (Lipinski definition) is 5. The molecule has 1 saturated heterocycles. The van der Waals surface area contributed by atoms with E-state index in [4.69, 9.17) is 9.47 Å². The Morgan fingerprint density at radius 3 is 2.50 bits per heavy atom. The quantitative estimate of drug-likeness (QED) is 0.298. The van der Waals surface area contributed by atoms with E-state index in [1.807, 2.05) is 12.1 Å². The molecule has 7 heteroatoms. The Morgan fingerprint density at radius 1 is 1.10 bits per heavy atom. The largest absolute Gasteiger partial charge is 0.425 e. The molecular formula is C23H20BrNO5. The monoisotopic (exact) mass is 469 g/mol. The van der Waals surface area contributed by atoms with Gasteiger partial charge in [0.15, 0.2) is 11.2 Å². The third kappa shape index (κ3) is 2.42. The second-order valence-electron chi connectivity index (χ2n) is 8.11. The normalized spacial score (nSPS) is 29.5. The molecule has 0 spiro atoms. The molecule has 1 aliphatic carbocycles. The molecule has 0 aromatic heterocycles. The van der Waals surface area contributed by atoms with Crippen LogP contribution in [0.2, 0.25) is 0 Å². The van der Waals surface area contributed by atoms with Gasteiger partial charge in [0.05, 0.1) is 18.6 Å². The van der Waals surface area contributed by atoms with E-state index in [0.29, 0.717) is 43.2 Å². The van der Waals surface area contributed by atoms with Crippen molar-refractivity contribution in [3.8, 4) is 5.75 Å². The summed E-state index contributed by atoms with van der Waals surface area (Å²) < 4.78 is 11.8. The number of hydrogen-bond donors (Lipinski definition) is 0. The Balaban J connectivity index is 1.68. The maximum atomic E-state index is 13.8. The summed E-state index contributed by atoms with van der Waals surface area (Å²) in [6, 6.07) is 14.2. The highest BCUT2D eigenvalue weighted by molar-refractivity contribution is 9.10. The van der Waals surface area contributed by atoms with Crippen LogP contribution in [0.15, 0.2) is 53.0 Å². The van der Waals surface area contributed by atoms with Crippen LogP contribution in [0.3, 0.4) is 0 Å². The second-order valence-corrected chi connectivity index (χ2v) is 9.03. The molecular weight excluding hydrogens is 450 g/mol. The fourth-order valence-corrected chi connectivity index (χ4v) is 5.54. The third-order valence-corrected chi connectivity index (χ3v) is 7.19. The number of nitrogens with zero attached hydrogens (tertiary/aromatic N) is 1. The number of Topliss-reactive ketones (excluding diaryl/α,β-unsaturated/α-hetero) is 1. The zero-order chi connectivity index (χ0) is 21.1. The molecule has 0 bridgehead atoms. The van der Waals surface area contributed by atoms with Gasteiger partial charge in [-0.05, 0) is 25.1 Å². The molecule has 0 N–H and O–H groups in total. The van der Waals surface area contributed by atoms with E-state index in [2.05, 4.69) is 15.9 Å². The van der Waals surface area contributed by atoms with Crippen molar-refractivity contribution < 1.29 is 23.9 Å². The standard InChI is InChI=1S/C23H20BrNO5/c1-22(19(26)14-5-3-2-4-6-14)18-16-13-15(24)7-8-17(16)30-21(28)23(18,22)20(27)25-9-11-29-12-10-25/h2-8,13,18H,9-12H2,1H3/t18-,22+,23+/m0/s1. The molecule has 0 radical (unpaired) electrons. The Bertz CT molecular complexity index is 1060. The van der Waals surface area contributed by atoms with E-state index in [1.165, 1.54) is 0 Å². The summed E-state index contributed by atoms with van der Waals surface area (Å²) in [5, 5.41) is 0. The number of carbonyl (C=O) groups is 3. The average molecular weight is 470 g/mol. The minimum Gasteiger partial charge on any atom is -0.425 e. The third-order valence-electron chi connectivity index (χ3n) is 6.70. The Labute approximate surface area is 182 Å². The molecule has 2 aliphatic heterocycles. The summed E-state index contributed by atoms with van der Waals surface area (Å²) in [6.07, 6.45) is 0. The molecule has 2 heterocycles. The first-order chi connectivity index (χ1) is 14.4. The molecule has 2 fully saturated rings. The summed E-state index contributed by atoms with van der Waals surface area (Å²) in [7, 11) is 0. The van der Waals surface area contributed by atoms with E-state index in [-0.39, 0.29) is 11.7 Å². The van der Waals surface area contributed by atoms with Crippen LogP contribution in [0.25, 0.3) is 0 Å². The van der Waals surface area contributed by atoms with Crippen molar-refractivity contribution in [3.05, 3.63) is 64.1 Å². The van der Waals surface area contributed by atoms with Crippen molar-refractivity contribution >= 4 is 33.6 Å². The minimum atomic E-state index is -1.56. The van der Waals surface area contributed by atoms with Gasteiger partial charge in [0, 0.05) is 34.6 Å². The predicted molar refractivity (Wildman–Crippen MR) is 111 cm³/mol. The van der Waals surface area contributed by atoms with Crippen molar-refractivity contribution in [2.45, 2.75) is 12.8 Å². The number of fused-ring (bicyclic) bond motifs is 3. The van der Waals surface area contributed by atoms with Crippen LogP contribution in [-0.2, 0) is 14.3 Å². The average Bonchev–Trinajstić information content (AvgIpc) is 3.37. The number of rotatable bonds is 3. The molecule has 1 amide bonds. The van der Waals surface area contributed by atoms with Gasteiger partial charge in [0.1, 0.15) is 5.75 Å². The van der Waals surface area contributed by atoms with Gasteiger partial charge in [-0.1, -0.05) is 46.3 Å². The number of carbonyl (C=O) groups excluding carboxylic acids is 3. The van der Waals surface area contributed by atoms with Crippen LogP contribution in [0.5, 0.6) is 5.75 Å². The van der Waals surface area contributed by atoms with E-state index in [1.54, 1.807) is 48.2 Å². The first-order valence-corrected chi connectivity index (χ1v) is 10.7. The van der Waals surface area contributed by atoms with Gasteiger partial charge in [0.2, 0.25) is 5.91 Å². The molecule has 1 saturated carbocycles. The van der Waals surface area contributed by atoms with Gasteiger partial charge in [0.25, 0.3) is 0 Å². The van der Waals surface area contributed by atoms with E-state index >= 15 is 0 Å². The first-order valence-electron chi connectivity index (χ1n) is 9.91. The van der Waals surface area contributed by atoms with Gasteiger partial charge in [-0.15, -0.1) is 0 Å². The van der Waals surface area contributed by atoms with E-state index in [9.17, 15) is 14.4 Å². The lowest BCUT2D eigenvalue weighted by molar-refractivity contribution is -0.156. The molecule has 2 aromatic carbocycles. The number of halogens is 1. The first kappa shape index (κ1) is 19.5. The summed E-state index contributed by atoms with van der Waals surface area (Å²) in [4.78, 5) is 42.5. The van der Waals surface area contributed by atoms with Crippen molar-refractivity contribution in [2.24, 2.45) is 10.8 Å². The van der Waals surface area contributed by atoms with Crippen LogP contribution in [0, 0.1) is 10.8 Å². The minimum absolute atomic E-state index is 0.223. The number of benzene rings is 2. The lowest BCUT2D eigenvalue weighted by atomic mass is 9.86. The maximum Gasteiger partial charge on any atom is 0.328 e. The number of ketones is 1. The van der Waals surface area contributed by atoms with Gasteiger partial charge >= 0.3 is 5.97 Å². The number of ether oxygens (including phenoxy) is 2. The molecule has 5 rings (SSSR count). The van der Waals surface area contributed by atoms with E-state index in [0.717, 1.165) is 4.47 Å². The number of morpholine rings is 1. The highest BCUT2D eigenvalue weighted by atomic mass is 79.9. The zero-order valence-electron chi connectivity index (χ0n) is 16.4. The van der Waals surface area contributed by atoms with Gasteiger partial charge in [-0.3, -0.25) is 14.4 Å². The number of esters is 1. The summed E-state index contributed by atoms with van der Waals surface area (Å²) in [5.74, 6) is -1.40. The molecule has 0 unspecified atom stereocenters. The number of amides is 1. The highest BCUT2D eigenvalue weighted by Crippen LogP contribution is 2.78. The fraction of sp³-hybridized carbons (Fsp3) is 0.348. The van der Waals surface area contributed by atoms with Gasteiger partial charge in [-0.25, -0.2) is 0 Å². The van der Waals surface area contributed by atoms with Crippen LogP contribution in [-0.4, -0.2) is 48.9 Å². The lowest BCUT2D eigenvalue weighted by Crippen LogP contribution is -2.50. The summed E-state index contributed by atoms with van der Waals surface area (Å²) in [5.41, 5.74) is -1.61. The van der Waals surface area contributed by atoms with Crippen molar-refractivity contribution in [3.63, 3.8) is 0 Å². The highest BCUT2D eigenvalue weighted by Gasteiger charge is 2.88. The molecule has 3 atom stereocenters. The zero-order valence-corrected chi connectivity index (χ0v) is 18.0. The van der Waals surface area contributed by atoms with Crippen molar-refractivity contribution in [1.29, 1.82) is 0 Å². The van der Waals surface area contributed by atoms with Crippen LogP contribution in [0.1, 0.15) is 28.8 Å². The molecule has 6 nitrogen and oxygen atoms in total. The lowest BCUT2D eigenvalue weighted by Gasteiger charge is -2.32. The van der Waals surface area contributed by atoms with Gasteiger partial charge in [-0.2, -0.15) is 0 Å². The SMILES string of the molecule is C[C@]1(C(=O)c2ccccc2)[C@@H]2c3cc(Br)ccc3OC(=O)[C@]21C(=O)N1CCOCC1. The van der Waals surface area contributed by atoms with Crippen molar-refractivity contribution in [1.82, 2.24) is 4.90 Å². The Morgan fingerprint density at radius 2 is 1.80 bits per heavy atom. The smallest absolute Gasteiger partial charge is 0.328 e. The second kappa shape index (κ2) is 6.75. The summed E-state index contributed by atoms with van der Waals surface area (Å²) in [6.45, 7) is 3.33. The molecule has 2 aromatic rings. The maximum absolute atomic E-state index is 13.8. The predicted octanol–water partition coefficient (Wildman–Crippen LogP) is 3.20. The fourth-order valence-electron chi connectivity index (χ4n) is 5.16. The van der Waals surface area contributed by atoms with Crippen LogP contribution in [0.4, 0.5) is 0 Å². The van der Waals surface area contributed by atoms with Crippen LogP contribution < -0.4 is 4.74 Å². The summed E-state index contributed by atoms with van der Waals surface area (Å²) >= 11 is 3.47.